The number of phenolic OH excluding ortho intramolecular Hbond substituents is 2. The van der Waals surface area contributed by atoms with Gasteiger partial charge in [0.05, 0.1) is 0 Å². The number of rotatable bonds is 1. The quantitative estimate of drug-likeness (QED) is 0.731. The van der Waals surface area contributed by atoms with Crippen molar-refractivity contribution in [2.45, 2.75) is 20.8 Å². The summed E-state index contributed by atoms with van der Waals surface area (Å²) < 4.78 is 0. The first-order valence-electron chi connectivity index (χ1n) is 5.60. The lowest BCUT2D eigenvalue weighted by atomic mass is 9.95. The first kappa shape index (κ1) is 11.5. The van der Waals surface area contributed by atoms with Gasteiger partial charge in [0.2, 0.25) is 0 Å². The molecule has 0 bridgehead atoms. The van der Waals surface area contributed by atoms with Gasteiger partial charge in [0.25, 0.3) is 0 Å². The highest BCUT2D eigenvalue weighted by atomic mass is 16.3. The molecule has 2 N–H and O–H groups in total. The summed E-state index contributed by atoms with van der Waals surface area (Å²) >= 11 is 0. The number of benzene rings is 2. The summed E-state index contributed by atoms with van der Waals surface area (Å²) in [7, 11) is 0. The smallest absolute Gasteiger partial charge is 0.161 e. The Hall–Kier alpha value is -1.96. The molecule has 0 fully saturated rings. The molecule has 0 unspecified atom stereocenters. The minimum atomic E-state index is -0.0731. The lowest BCUT2D eigenvalue weighted by Gasteiger charge is -2.12. The highest BCUT2D eigenvalue weighted by Gasteiger charge is 2.11. The fourth-order valence-corrected chi connectivity index (χ4v) is 2.09. The van der Waals surface area contributed by atoms with Crippen LogP contribution in [0.3, 0.4) is 0 Å². The zero-order valence-electron chi connectivity index (χ0n) is 10.3. The summed E-state index contributed by atoms with van der Waals surface area (Å²) in [5, 5.41) is 19.2. The molecule has 0 aliphatic rings. The van der Waals surface area contributed by atoms with Gasteiger partial charge < -0.3 is 10.2 Å². The maximum absolute atomic E-state index is 9.74. The molecule has 0 atom stereocenters. The Morgan fingerprint density at radius 2 is 1.47 bits per heavy atom. The van der Waals surface area contributed by atoms with Crippen LogP contribution >= 0.6 is 0 Å². The predicted octanol–water partition coefficient (Wildman–Crippen LogP) is 3.69. The molecule has 0 spiro atoms. The number of aryl methyl sites for hydroxylation is 2. The number of hydrogen-bond donors (Lipinski definition) is 2. The van der Waals surface area contributed by atoms with Crippen molar-refractivity contribution in [3.05, 3.63) is 47.0 Å². The molecule has 88 valence electrons. The maximum Gasteiger partial charge on any atom is 0.161 e. The van der Waals surface area contributed by atoms with E-state index in [1.807, 2.05) is 32.0 Å². The highest BCUT2D eigenvalue weighted by Crippen LogP contribution is 2.37. The van der Waals surface area contributed by atoms with E-state index in [1.54, 1.807) is 0 Å². The molecule has 2 heteroatoms. The molecule has 0 aromatic heterocycles. The SMILES string of the molecule is Cc1ccc(-c2ccc(O)c(O)c2C)c(C)c1. The first-order chi connectivity index (χ1) is 8.00. The van der Waals surface area contributed by atoms with Crippen molar-refractivity contribution in [1.82, 2.24) is 0 Å². The van der Waals surface area contributed by atoms with E-state index in [0.717, 1.165) is 16.7 Å². The Kier molecular flexibility index (Phi) is 2.80. The van der Waals surface area contributed by atoms with E-state index in [0.29, 0.717) is 5.56 Å². The van der Waals surface area contributed by atoms with Gasteiger partial charge in [0.1, 0.15) is 0 Å². The van der Waals surface area contributed by atoms with Gasteiger partial charge >= 0.3 is 0 Å². The average Bonchev–Trinajstić information content (AvgIpc) is 2.28. The molecule has 0 radical (unpaired) electrons. The average molecular weight is 228 g/mol. The molecular weight excluding hydrogens is 212 g/mol. The Labute approximate surface area is 101 Å². The molecule has 0 heterocycles. The summed E-state index contributed by atoms with van der Waals surface area (Å²) in [6, 6.07) is 9.56. The third-order valence-corrected chi connectivity index (χ3v) is 3.08. The van der Waals surface area contributed by atoms with Gasteiger partial charge in [-0.15, -0.1) is 0 Å². The third-order valence-electron chi connectivity index (χ3n) is 3.08. The van der Waals surface area contributed by atoms with Gasteiger partial charge in [0.15, 0.2) is 11.5 Å². The largest absolute Gasteiger partial charge is 0.504 e. The second kappa shape index (κ2) is 4.13. The maximum atomic E-state index is 9.74. The van der Waals surface area contributed by atoms with Crippen molar-refractivity contribution in [3.8, 4) is 22.6 Å². The number of phenols is 2. The minimum Gasteiger partial charge on any atom is -0.504 e. The zero-order valence-corrected chi connectivity index (χ0v) is 10.3. The van der Waals surface area contributed by atoms with Crippen LogP contribution in [-0.4, -0.2) is 10.2 Å². The first-order valence-corrected chi connectivity index (χ1v) is 5.60. The van der Waals surface area contributed by atoms with Crippen LogP contribution in [0.4, 0.5) is 0 Å². The second-order valence-corrected chi connectivity index (χ2v) is 4.42. The van der Waals surface area contributed by atoms with Crippen molar-refractivity contribution in [2.75, 3.05) is 0 Å². The molecule has 0 amide bonds. The molecule has 0 saturated carbocycles. The van der Waals surface area contributed by atoms with Crippen LogP contribution in [0.1, 0.15) is 16.7 Å². The van der Waals surface area contributed by atoms with Gasteiger partial charge in [0, 0.05) is 5.56 Å². The third kappa shape index (κ3) is 1.98. The van der Waals surface area contributed by atoms with Crippen LogP contribution in [0.15, 0.2) is 30.3 Å². The van der Waals surface area contributed by atoms with Crippen molar-refractivity contribution in [1.29, 1.82) is 0 Å². The summed E-state index contributed by atoms with van der Waals surface area (Å²) in [4.78, 5) is 0. The van der Waals surface area contributed by atoms with Crippen molar-refractivity contribution in [3.63, 3.8) is 0 Å². The van der Waals surface area contributed by atoms with E-state index >= 15 is 0 Å². The van der Waals surface area contributed by atoms with E-state index in [2.05, 4.69) is 13.0 Å². The van der Waals surface area contributed by atoms with Crippen LogP contribution in [0, 0.1) is 20.8 Å². The Morgan fingerprint density at radius 1 is 0.824 bits per heavy atom. The molecule has 2 aromatic rings. The number of aromatic hydroxyl groups is 2. The van der Waals surface area contributed by atoms with Crippen LogP contribution in [0.2, 0.25) is 0 Å². The second-order valence-electron chi connectivity index (χ2n) is 4.42. The molecule has 2 aromatic carbocycles. The lowest BCUT2D eigenvalue weighted by molar-refractivity contribution is 0.401. The van der Waals surface area contributed by atoms with Crippen LogP contribution in [-0.2, 0) is 0 Å². The fraction of sp³-hybridized carbons (Fsp3) is 0.200. The summed E-state index contributed by atoms with van der Waals surface area (Å²) in [6.45, 7) is 5.91. The van der Waals surface area contributed by atoms with Gasteiger partial charge in [-0.2, -0.15) is 0 Å². The minimum absolute atomic E-state index is 0.0394. The van der Waals surface area contributed by atoms with Crippen molar-refractivity contribution < 1.29 is 10.2 Å². The van der Waals surface area contributed by atoms with Gasteiger partial charge in [-0.1, -0.05) is 29.8 Å². The Morgan fingerprint density at radius 3 is 2.12 bits per heavy atom. The van der Waals surface area contributed by atoms with E-state index in [-0.39, 0.29) is 11.5 Å². The van der Waals surface area contributed by atoms with Crippen molar-refractivity contribution >= 4 is 0 Å². The molecule has 0 aliphatic heterocycles. The Bertz CT molecular complexity index is 571. The molecule has 0 saturated heterocycles. The lowest BCUT2D eigenvalue weighted by Crippen LogP contribution is -1.88. The van der Waals surface area contributed by atoms with Gasteiger partial charge in [-0.25, -0.2) is 0 Å². The van der Waals surface area contributed by atoms with Crippen LogP contribution in [0.5, 0.6) is 11.5 Å². The Balaban J connectivity index is 2.65. The van der Waals surface area contributed by atoms with Crippen molar-refractivity contribution in [2.24, 2.45) is 0 Å². The fourth-order valence-electron chi connectivity index (χ4n) is 2.09. The molecule has 17 heavy (non-hydrogen) atoms. The van der Waals surface area contributed by atoms with Gasteiger partial charge in [-0.3, -0.25) is 0 Å². The normalized spacial score (nSPS) is 10.5. The van der Waals surface area contributed by atoms with E-state index < -0.39 is 0 Å². The molecular formula is C15H16O2. The highest BCUT2D eigenvalue weighted by molar-refractivity contribution is 5.74. The van der Waals surface area contributed by atoms with Crippen LogP contribution in [0.25, 0.3) is 11.1 Å². The zero-order chi connectivity index (χ0) is 12.6. The molecule has 2 nitrogen and oxygen atoms in total. The summed E-state index contributed by atoms with van der Waals surface area (Å²) in [6.07, 6.45) is 0. The monoisotopic (exact) mass is 228 g/mol. The molecule has 2 rings (SSSR count). The van der Waals surface area contributed by atoms with E-state index in [9.17, 15) is 10.2 Å². The topological polar surface area (TPSA) is 40.5 Å². The summed E-state index contributed by atoms with van der Waals surface area (Å²) in [5.74, 6) is -0.113. The standard InChI is InChI=1S/C15H16O2/c1-9-4-5-12(10(2)8-9)13-6-7-14(16)15(17)11(13)3/h4-8,16-17H,1-3H3. The predicted molar refractivity (Wildman–Crippen MR) is 69.4 cm³/mol. The van der Waals surface area contributed by atoms with E-state index in [1.165, 1.54) is 11.6 Å². The van der Waals surface area contributed by atoms with Crippen LogP contribution < -0.4 is 0 Å². The summed E-state index contributed by atoms with van der Waals surface area (Å²) in [5.41, 5.74) is 5.13. The number of hydrogen-bond acceptors (Lipinski definition) is 2. The van der Waals surface area contributed by atoms with Gasteiger partial charge in [-0.05, 0) is 43.5 Å². The molecule has 0 aliphatic carbocycles. The van der Waals surface area contributed by atoms with E-state index in [4.69, 9.17) is 0 Å².